The average molecular weight is 352 g/mol. The summed E-state index contributed by atoms with van der Waals surface area (Å²) < 4.78 is 0. The Morgan fingerprint density at radius 1 is 1.26 bits per heavy atom. The molecule has 0 fully saturated rings. The summed E-state index contributed by atoms with van der Waals surface area (Å²) in [4.78, 5) is 23.1. The first kappa shape index (κ1) is 17.4. The molecule has 0 aliphatic heterocycles. The fourth-order valence-corrected chi connectivity index (χ4v) is 3.25. The summed E-state index contributed by atoms with van der Waals surface area (Å²) in [6.45, 7) is 5.80. The molecular weight excluding hydrogens is 336 g/mol. The molecule has 1 unspecified atom stereocenters. The molecule has 1 heterocycles. The summed E-state index contributed by atoms with van der Waals surface area (Å²) in [5.41, 5.74) is 0.0292. The Balaban J connectivity index is 1.95. The summed E-state index contributed by atoms with van der Waals surface area (Å²) in [5.74, 6) is 0.0878. The molecular formula is C14H16N4O3S2. The van der Waals surface area contributed by atoms with Crippen molar-refractivity contribution in [2.75, 3.05) is 5.32 Å². The third-order valence-electron chi connectivity index (χ3n) is 2.89. The van der Waals surface area contributed by atoms with E-state index in [0.717, 1.165) is 9.90 Å². The van der Waals surface area contributed by atoms with Gasteiger partial charge in [0.05, 0.1) is 10.2 Å². The maximum absolute atomic E-state index is 12.2. The van der Waals surface area contributed by atoms with Gasteiger partial charge in [-0.15, -0.1) is 22.0 Å². The van der Waals surface area contributed by atoms with Crippen LogP contribution < -0.4 is 5.32 Å². The van der Waals surface area contributed by atoms with Gasteiger partial charge in [-0.2, -0.15) is 0 Å². The Labute approximate surface area is 141 Å². The molecule has 0 saturated carbocycles. The fourth-order valence-electron chi connectivity index (χ4n) is 1.63. The van der Waals surface area contributed by atoms with Crippen LogP contribution in [0, 0.1) is 10.1 Å². The van der Waals surface area contributed by atoms with Gasteiger partial charge in [-0.05, 0) is 19.1 Å². The van der Waals surface area contributed by atoms with Crippen molar-refractivity contribution in [1.29, 1.82) is 0 Å². The van der Waals surface area contributed by atoms with Crippen LogP contribution in [0.25, 0.3) is 0 Å². The largest absolute Gasteiger partial charge is 0.300 e. The number of non-ortho nitro benzene ring substituents is 1. The average Bonchev–Trinajstić information content (AvgIpc) is 2.96. The topological polar surface area (TPSA) is 98.0 Å². The number of nitro benzene ring substituents is 1. The summed E-state index contributed by atoms with van der Waals surface area (Å²) in [6.07, 6.45) is 0. The van der Waals surface area contributed by atoms with E-state index in [1.165, 1.54) is 35.2 Å². The lowest BCUT2D eigenvalue weighted by Crippen LogP contribution is -2.22. The van der Waals surface area contributed by atoms with Gasteiger partial charge >= 0.3 is 0 Å². The number of carbonyl (C=O) groups is 1. The van der Waals surface area contributed by atoms with Crippen LogP contribution in [0.1, 0.15) is 31.7 Å². The number of rotatable bonds is 6. The van der Waals surface area contributed by atoms with E-state index in [9.17, 15) is 14.9 Å². The lowest BCUT2D eigenvalue weighted by atomic mass is 10.2. The van der Waals surface area contributed by atoms with Crippen LogP contribution in [0.5, 0.6) is 0 Å². The SMILES string of the molecule is CC(Sc1ccc([N+](=O)[O-])cc1)C(=O)Nc1nnc(C(C)C)s1. The predicted octanol–water partition coefficient (Wildman–Crippen LogP) is 3.69. The van der Waals surface area contributed by atoms with Gasteiger partial charge in [0.2, 0.25) is 11.0 Å². The van der Waals surface area contributed by atoms with E-state index in [1.807, 2.05) is 13.8 Å². The normalized spacial score (nSPS) is 12.2. The van der Waals surface area contributed by atoms with Gasteiger partial charge in [-0.25, -0.2) is 0 Å². The number of hydrogen-bond donors (Lipinski definition) is 1. The molecule has 0 bridgehead atoms. The van der Waals surface area contributed by atoms with Crippen molar-refractivity contribution in [1.82, 2.24) is 10.2 Å². The monoisotopic (exact) mass is 352 g/mol. The summed E-state index contributed by atoms with van der Waals surface area (Å²) >= 11 is 2.69. The maximum Gasteiger partial charge on any atom is 0.269 e. The van der Waals surface area contributed by atoms with Crippen molar-refractivity contribution in [3.05, 3.63) is 39.4 Å². The van der Waals surface area contributed by atoms with Crippen LogP contribution in [-0.4, -0.2) is 26.3 Å². The highest BCUT2D eigenvalue weighted by Crippen LogP contribution is 2.27. The van der Waals surface area contributed by atoms with Crippen molar-refractivity contribution in [2.45, 2.75) is 36.8 Å². The molecule has 0 aliphatic carbocycles. The Morgan fingerprint density at radius 3 is 2.43 bits per heavy atom. The van der Waals surface area contributed by atoms with Crippen molar-refractivity contribution in [3.63, 3.8) is 0 Å². The number of nitro groups is 1. The second-order valence-electron chi connectivity index (χ2n) is 5.10. The highest BCUT2D eigenvalue weighted by molar-refractivity contribution is 8.00. The zero-order valence-corrected chi connectivity index (χ0v) is 14.5. The van der Waals surface area contributed by atoms with Crippen LogP contribution in [0.4, 0.5) is 10.8 Å². The van der Waals surface area contributed by atoms with Crippen molar-refractivity contribution in [3.8, 4) is 0 Å². The van der Waals surface area contributed by atoms with Crippen molar-refractivity contribution >= 4 is 39.8 Å². The Kier molecular flexibility index (Phi) is 5.67. The molecule has 1 atom stereocenters. The number of nitrogens with zero attached hydrogens (tertiary/aromatic N) is 3. The summed E-state index contributed by atoms with van der Waals surface area (Å²) in [5, 5.41) is 22.3. The predicted molar refractivity (Wildman–Crippen MR) is 91.0 cm³/mol. The molecule has 0 radical (unpaired) electrons. The first-order valence-electron chi connectivity index (χ1n) is 6.92. The van der Waals surface area contributed by atoms with Crippen LogP contribution in [-0.2, 0) is 4.79 Å². The lowest BCUT2D eigenvalue weighted by Gasteiger charge is -2.10. The number of thioether (sulfide) groups is 1. The quantitative estimate of drug-likeness (QED) is 0.484. The zero-order valence-electron chi connectivity index (χ0n) is 12.8. The number of hydrogen-bond acceptors (Lipinski definition) is 7. The number of amides is 1. The molecule has 1 aromatic heterocycles. The Hall–Kier alpha value is -2.00. The molecule has 0 aliphatic rings. The highest BCUT2D eigenvalue weighted by atomic mass is 32.2. The summed E-state index contributed by atoms with van der Waals surface area (Å²) in [7, 11) is 0. The van der Waals surface area contributed by atoms with E-state index in [4.69, 9.17) is 0 Å². The minimum atomic E-state index is -0.452. The molecule has 0 saturated heterocycles. The first-order chi connectivity index (χ1) is 10.9. The van der Waals surface area contributed by atoms with Crippen LogP contribution in [0.2, 0.25) is 0 Å². The third kappa shape index (κ3) is 4.73. The van der Waals surface area contributed by atoms with Gasteiger partial charge in [0.15, 0.2) is 0 Å². The molecule has 7 nitrogen and oxygen atoms in total. The van der Waals surface area contributed by atoms with E-state index in [1.54, 1.807) is 19.1 Å². The molecule has 2 aromatic rings. The Bertz CT molecular complexity index is 700. The molecule has 0 spiro atoms. The molecule has 1 aromatic carbocycles. The molecule has 1 N–H and O–H groups in total. The standard InChI is InChI=1S/C14H16N4O3S2/c1-8(2)13-16-17-14(23-13)15-12(19)9(3)22-11-6-4-10(5-7-11)18(20)21/h4-9H,1-3H3,(H,15,17,19). The zero-order chi connectivity index (χ0) is 17.0. The summed E-state index contributed by atoms with van der Waals surface area (Å²) in [6, 6.07) is 6.11. The van der Waals surface area contributed by atoms with Crippen LogP contribution >= 0.6 is 23.1 Å². The molecule has 2 rings (SSSR count). The van der Waals surface area contributed by atoms with Gasteiger partial charge in [0.25, 0.3) is 5.69 Å². The molecule has 122 valence electrons. The van der Waals surface area contributed by atoms with Crippen molar-refractivity contribution in [2.24, 2.45) is 0 Å². The van der Waals surface area contributed by atoms with Gasteiger partial charge in [-0.1, -0.05) is 25.2 Å². The number of anilines is 1. The number of benzene rings is 1. The number of aromatic nitrogens is 2. The van der Waals surface area contributed by atoms with E-state index < -0.39 is 4.92 Å². The third-order valence-corrected chi connectivity index (χ3v) is 5.15. The van der Waals surface area contributed by atoms with Crippen LogP contribution in [0.15, 0.2) is 29.2 Å². The smallest absolute Gasteiger partial charge is 0.269 e. The minimum absolute atomic E-state index is 0.0292. The van der Waals surface area contributed by atoms with Crippen molar-refractivity contribution < 1.29 is 9.72 Å². The fraction of sp³-hybridized carbons (Fsp3) is 0.357. The highest BCUT2D eigenvalue weighted by Gasteiger charge is 2.17. The maximum atomic E-state index is 12.2. The second kappa shape index (κ2) is 7.51. The van der Waals surface area contributed by atoms with E-state index >= 15 is 0 Å². The molecule has 1 amide bonds. The van der Waals surface area contributed by atoms with Gasteiger partial charge in [-0.3, -0.25) is 20.2 Å². The number of carbonyl (C=O) groups excluding carboxylic acids is 1. The Morgan fingerprint density at radius 2 is 1.91 bits per heavy atom. The van der Waals surface area contributed by atoms with Gasteiger partial charge < -0.3 is 0 Å². The minimum Gasteiger partial charge on any atom is -0.300 e. The lowest BCUT2D eigenvalue weighted by molar-refractivity contribution is -0.384. The van der Waals surface area contributed by atoms with E-state index in [2.05, 4.69) is 15.5 Å². The van der Waals surface area contributed by atoms with Crippen LogP contribution in [0.3, 0.4) is 0 Å². The first-order valence-corrected chi connectivity index (χ1v) is 8.62. The second-order valence-corrected chi connectivity index (χ2v) is 7.52. The van der Waals surface area contributed by atoms with E-state index in [-0.39, 0.29) is 22.8 Å². The number of nitrogens with one attached hydrogen (secondary N) is 1. The molecule has 23 heavy (non-hydrogen) atoms. The van der Waals surface area contributed by atoms with E-state index in [0.29, 0.717) is 5.13 Å². The van der Waals surface area contributed by atoms with Gasteiger partial charge in [0, 0.05) is 22.9 Å². The molecule has 9 heteroatoms. The van der Waals surface area contributed by atoms with Gasteiger partial charge in [0.1, 0.15) is 5.01 Å².